The molecule has 0 bridgehead atoms. The number of nitrogens with one attached hydrogen (secondary N) is 2. The predicted octanol–water partition coefficient (Wildman–Crippen LogP) is 0.614. The second kappa shape index (κ2) is 6.49. The van der Waals surface area contributed by atoms with Crippen LogP contribution in [-0.4, -0.2) is 45.9 Å². The van der Waals surface area contributed by atoms with Crippen molar-refractivity contribution >= 4 is 10.0 Å². The number of ether oxygens (including phenoxy) is 1. The molecule has 0 aromatic heterocycles. The summed E-state index contributed by atoms with van der Waals surface area (Å²) in [5, 5.41) is 13.7. The van der Waals surface area contributed by atoms with Gasteiger partial charge < -0.3 is 15.2 Å². The highest BCUT2D eigenvalue weighted by Crippen LogP contribution is 2.49. The SMILES string of the molecule is CNS(=O)(=O)c1ccc(CN[C@@H]2C[C@@H](O)C23CCOCC3)cc1. The Bertz CT molecular complexity index is 639. The van der Waals surface area contributed by atoms with Crippen molar-refractivity contribution < 1.29 is 18.3 Å². The van der Waals surface area contributed by atoms with Gasteiger partial charge in [-0.25, -0.2) is 13.1 Å². The lowest BCUT2D eigenvalue weighted by Crippen LogP contribution is -2.64. The van der Waals surface area contributed by atoms with Crippen molar-refractivity contribution in [1.82, 2.24) is 10.0 Å². The molecular weight excluding hydrogens is 316 g/mol. The van der Waals surface area contributed by atoms with Crippen molar-refractivity contribution in [2.24, 2.45) is 5.41 Å². The van der Waals surface area contributed by atoms with Gasteiger partial charge in [0.2, 0.25) is 10.0 Å². The van der Waals surface area contributed by atoms with Crippen molar-refractivity contribution in [3.05, 3.63) is 29.8 Å². The van der Waals surface area contributed by atoms with Crippen molar-refractivity contribution in [3.8, 4) is 0 Å². The molecule has 7 heteroatoms. The van der Waals surface area contributed by atoms with E-state index < -0.39 is 10.0 Å². The van der Waals surface area contributed by atoms with E-state index in [1.54, 1.807) is 12.1 Å². The summed E-state index contributed by atoms with van der Waals surface area (Å²) < 4.78 is 31.1. The molecule has 23 heavy (non-hydrogen) atoms. The molecule has 3 N–H and O–H groups in total. The van der Waals surface area contributed by atoms with E-state index in [1.807, 2.05) is 12.1 Å². The smallest absolute Gasteiger partial charge is 0.240 e. The Hall–Kier alpha value is -0.990. The highest BCUT2D eigenvalue weighted by Gasteiger charge is 2.54. The summed E-state index contributed by atoms with van der Waals surface area (Å²) >= 11 is 0. The monoisotopic (exact) mass is 340 g/mol. The number of hydrogen-bond acceptors (Lipinski definition) is 5. The molecule has 3 rings (SSSR count). The van der Waals surface area contributed by atoms with Crippen molar-refractivity contribution in [2.75, 3.05) is 20.3 Å². The normalized spacial score (nSPS) is 26.9. The summed E-state index contributed by atoms with van der Waals surface area (Å²) in [6.45, 7) is 2.09. The first-order valence-electron chi connectivity index (χ1n) is 8.00. The molecular formula is C16H24N2O4S. The highest BCUT2D eigenvalue weighted by molar-refractivity contribution is 7.89. The maximum absolute atomic E-state index is 11.7. The fourth-order valence-electron chi connectivity index (χ4n) is 3.63. The Labute approximate surface area is 137 Å². The summed E-state index contributed by atoms with van der Waals surface area (Å²) in [5.74, 6) is 0. The average molecular weight is 340 g/mol. The van der Waals surface area contributed by atoms with Gasteiger partial charge in [0.05, 0.1) is 11.0 Å². The molecule has 1 aliphatic heterocycles. The lowest BCUT2D eigenvalue weighted by molar-refractivity contribution is -0.149. The number of sulfonamides is 1. The third-order valence-electron chi connectivity index (χ3n) is 5.30. The van der Waals surface area contributed by atoms with Crippen molar-refractivity contribution in [1.29, 1.82) is 0 Å². The Morgan fingerprint density at radius 1 is 1.26 bits per heavy atom. The van der Waals surface area contributed by atoms with E-state index in [1.165, 1.54) is 7.05 Å². The zero-order valence-corrected chi connectivity index (χ0v) is 14.1. The van der Waals surface area contributed by atoms with Gasteiger partial charge in [0.1, 0.15) is 0 Å². The van der Waals surface area contributed by atoms with Gasteiger partial charge in [0, 0.05) is 31.2 Å². The number of hydrogen-bond donors (Lipinski definition) is 3. The molecule has 1 saturated carbocycles. The van der Waals surface area contributed by atoms with E-state index in [9.17, 15) is 13.5 Å². The van der Waals surface area contributed by atoms with Gasteiger partial charge in [0.25, 0.3) is 0 Å². The maximum atomic E-state index is 11.7. The Morgan fingerprint density at radius 3 is 2.48 bits per heavy atom. The van der Waals surface area contributed by atoms with E-state index in [-0.39, 0.29) is 16.4 Å². The molecule has 1 saturated heterocycles. The third kappa shape index (κ3) is 3.16. The topological polar surface area (TPSA) is 87.7 Å². The molecule has 1 aromatic rings. The maximum Gasteiger partial charge on any atom is 0.240 e. The standard InChI is InChI=1S/C16H24N2O4S/c1-17-23(20,21)13-4-2-12(3-5-13)11-18-14-10-15(19)16(14)6-8-22-9-7-16/h2-5,14-15,17-19H,6-11H2,1H3/t14-,15-/m1/s1. The van der Waals surface area contributed by atoms with Crippen LogP contribution in [-0.2, 0) is 21.3 Å². The van der Waals surface area contributed by atoms with E-state index in [2.05, 4.69) is 10.0 Å². The number of aliphatic hydroxyl groups excluding tert-OH is 1. The molecule has 6 nitrogen and oxygen atoms in total. The first kappa shape index (κ1) is 16.9. The lowest BCUT2D eigenvalue weighted by atomic mass is 9.58. The summed E-state index contributed by atoms with van der Waals surface area (Å²) in [7, 11) is -1.98. The zero-order valence-electron chi connectivity index (χ0n) is 13.3. The first-order chi connectivity index (χ1) is 11.0. The van der Waals surface area contributed by atoms with E-state index in [0.29, 0.717) is 25.8 Å². The van der Waals surface area contributed by atoms with Crippen LogP contribution in [0.4, 0.5) is 0 Å². The third-order valence-corrected chi connectivity index (χ3v) is 6.73. The van der Waals surface area contributed by atoms with Crippen LogP contribution < -0.4 is 10.0 Å². The van der Waals surface area contributed by atoms with Gasteiger partial charge in [-0.1, -0.05) is 12.1 Å². The van der Waals surface area contributed by atoms with Crippen LogP contribution in [0.1, 0.15) is 24.8 Å². The minimum absolute atomic E-state index is 0.0480. The molecule has 1 aliphatic carbocycles. The molecule has 0 radical (unpaired) electrons. The largest absolute Gasteiger partial charge is 0.392 e. The summed E-state index contributed by atoms with van der Waals surface area (Å²) in [4.78, 5) is 0.267. The second-order valence-corrected chi connectivity index (χ2v) is 8.27. The Morgan fingerprint density at radius 2 is 1.91 bits per heavy atom. The van der Waals surface area contributed by atoms with Gasteiger partial charge in [-0.15, -0.1) is 0 Å². The first-order valence-corrected chi connectivity index (χ1v) is 9.48. The van der Waals surface area contributed by atoms with Gasteiger partial charge >= 0.3 is 0 Å². The molecule has 2 aliphatic rings. The van der Waals surface area contributed by atoms with Crippen LogP contribution in [0.2, 0.25) is 0 Å². The van der Waals surface area contributed by atoms with Crippen molar-refractivity contribution in [2.45, 2.75) is 42.8 Å². The van der Waals surface area contributed by atoms with E-state index in [4.69, 9.17) is 4.74 Å². The number of rotatable bonds is 5. The molecule has 1 heterocycles. The minimum Gasteiger partial charge on any atom is -0.392 e. The Kier molecular flexibility index (Phi) is 4.75. The summed E-state index contributed by atoms with van der Waals surface area (Å²) in [6.07, 6.45) is 2.31. The fourth-order valence-corrected chi connectivity index (χ4v) is 4.36. The molecule has 2 atom stereocenters. The van der Waals surface area contributed by atoms with E-state index in [0.717, 1.165) is 24.8 Å². The number of benzene rings is 1. The van der Waals surface area contributed by atoms with Gasteiger partial charge in [0.15, 0.2) is 0 Å². The zero-order chi connectivity index (χ0) is 16.5. The average Bonchev–Trinajstić information content (AvgIpc) is 2.59. The van der Waals surface area contributed by atoms with Gasteiger partial charge in [-0.3, -0.25) is 0 Å². The Balaban J connectivity index is 1.61. The quantitative estimate of drug-likeness (QED) is 0.731. The molecule has 0 unspecified atom stereocenters. The van der Waals surface area contributed by atoms with Crippen LogP contribution in [0.3, 0.4) is 0 Å². The number of aliphatic hydroxyl groups is 1. The molecule has 1 spiro atoms. The summed E-state index contributed by atoms with van der Waals surface area (Å²) in [5.41, 5.74) is 0.983. The van der Waals surface area contributed by atoms with Crippen LogP contribution in [0.15, 0.2) is 29.2 Å². The second-order valence-electron chi connectivity index (χ2n) is 6.38. The molecule has 1 aromatic carbocycles. The lowest BCUT2D eigenvalue weighted by Gasteiger charge is -2.56. The van der Waals surface area contributed by atoms with Crippen LogP contribution >= 0.6 is 0 Å². The molecule has 128 valence electrons. The molecule has 0 amide bonds. The predicted molar refractivity (Wildman–Crippen MR) is 86.4 cm³/mol. The van der Waals surface area contributed by atoms with Crippen LogP contribution in [0, 0.1) is 5.41 Å². The van der Waals surface area contributed by atoms with Crippen LogP contribution in [0.25, 0.3) is 0 Å². The van der Waals surface area contributed by atoms with Crippen LogP contribution in [0.5, 0.6) is 0 Å². The van der Waals surface area contributed by atoms with Gasteiger partial charge in [-0.2, -0.15) is 0 Å². The fraction of sp³-hybridized carbons (Fsp3) is 0.625. The molecule has 2 fully saturated rings. The van der Waals surface area contributed by atoms with Gasteiger partial charge in [-0.05, 0) is 44.0 Å². The van der Waals surface area contributed by atoms with Crippen molar-refractivity contribution in [3.63, 3.8) is 0 Å². The summed E-state index contributed by atoms with van der Waals surface area (Å²) in [6, 6.07) is 7.17. The minimum atomic E-state index is -3.39. The van der Waals surface area contributed by atoms with E-state index >= 15 is 0 Å². The highest BCUT2D eigenvalue weighted by atomic mass is 32.2.